The quantitative estimate of drug-likeness (QED) is 0.334. The van der Waals surface area contributed by atoms with Crippen molar-refractivity contribution in [2.75, 3.05) is 32.8 Å². The number of nitrogens with zero attached hydrogens (tertiary/aromatic N) is 4. The van der Waals surface area contributed by atoms with E-state index in [2.05, 4.69) is 15.4 Å². The molecule has 1 aliphatic rings. The van der Waals surface area contributed by atoms with Gasteiger partial charge in [0.15, 0.2) is 0 Å². The van der Waals surface area contributed by atoms with Gasteiger partial charge in [-0.3, -0.25) is 14.7 Å². The Kier molecular flexibility index (Phi) is 5.38. The normalized spacial score (nSPS) is 18.2. The molecule has 22 heavy (non-hydrogen) atoms. The summed E-state index contributed by atoms with van der Waals surface area (Å²) in [7, 11) is 0. The Morgan fingerprint density at radius 1 is 1.59 bits per heavy atom. The van der Waals surface area contributed by atoms with Crippen LogP contribution in [0.4, 0.5) is 5.82 Å². The van der Waals surface area contributed by atoms with Crippen molar-refractivity contribution in [2.24, 2.45) is 11.8 Å². The van der Waals surface area contributed by atoms with E-state index in [1.807, 2.05) is 19.1 Å². The summed E-state index contributed by atoms with van der Waals surface area (Å²) in [5, 5.41) is 9.00. The highest BCUT2D eigenvalue weighted by molar-refractivity contribution is 5.75. The minimum absolute atomic E-state index is 0.127. The topological polar surface area (TPSA) is 114 Å². The molecule has 8 heteroatoms. The van der Waals surface area contributed by atoms with Crippen LogP contribution in [0.15, 0.2) is 12.3 Å². The molecule has 1 aliphatic heterocycles. The van der Waals surface area contributed by atoms with Crippen molar-refractivity contribution in [3.05, 3.63) is 18.1 Å². The first-order valence-electron chi connectivity index (χ1n) is 7.26. The van der Waals surface area contributed by atoms with Crippen molar-refractivity contribution in [1.82, 2.24) is 19.9 Å². The summed E-state index contributed by atoms with van der Waals surface area (Å²) in [6.07, 6.45) is 1.96. The van der Waals surface area contributed by atoms with Crippen molar-refractivity contribution in [3.8, 4) is 6.07 Å². The molecule has 118 valence electrons. The Bertz CT molecular complexity index is 565. The van der Waals surface area contributed by atoms with Gasteiger partial charge in [-0.2, -0.15) is 10.2 Å². The van der Waals surface area contributed by atoms with E-state index in [1.54, 1.807) is 6.20 Å². The molecule has 0 aliphatic carbocycles. The third-order valence-corrected chi connectivity index (χ3v) is 3.91. The van der Waals surface area contributed by atoms with Gasteiger partial charge < -0.3 is 4.74 Å². The molecule has 8 nitrogen and oxygen atoms in total. The number of rotatable bonds is 5. The fraction of sp³-hybridized carbons (Fsp3) is 0.571. The van der Waals surface area contributed by atoms with E-state index in [9.17, 15) is 4.79 Å². The molecule has 1 fully saturated rings. The Morgan fingerprint density at radius 3 is 2.95 bits per heavy atom. The van der Waals surface area contributed by atoms with Crippen LogP contribution in [0.3, 0.4) is 0 Å². The van der Waals surface area contributed by atoms with Crippen LogP contribution in [0.1, 0.15) is 19.2 Å². The molecule has 0 saturated carbocycles. The van der Waals surface area contributed by atoms with Crippen LogP contribution in [0.25, 0.3) is 0 Å². The lowest BCUT2D eigenvalue weighted by molar-refractivity contribution is -0.122. The maximum absolute atomic E-state index is 11.5. The molecular formula is C14H21N6O2+. The Morgan fingerprint density at radius 2 is 2.32 bits per heavy atom. The van der Waals surface area contributed by atoms with Gasteiger partial charge >= 0.3 is 0 Å². The van der Waals surface area contributed by atoms with Gasteiger partial charge in [-0.05, 0) is 0 Å². The molecule has 1 aromatic rings. The molecule has 1 amide bonds. The Labute approximate surface area is 129 Å². The van der Waals surface area contributed by atoms with E-state index in [0.29, 0.717) is 24.1 Å². The number of morpholine rings is 1. The third kappa shape index (κ3) is 3.76. The average molecular weight is 305 g/mol. The fourth-order valence-corrected chi connectivity index (χ4v) is 2.90. The number of hydrogen-bond donors (Lipinski definition) is 2. The number of carbonyl (C=O) groups is 1. The largest absolute Gasteiger partial charge is 0.370 e. The van der Waals surface area contributed by atoms with E-state index in [4.69, 9.17) is 15.8 Å². The number of hydrazine groups is 1. The zero-order valence-corrected chi connectivity index (χ0v) is 12.7. The van der Waals surface area contributed by atoms with Crippen LogP contribution >= 0.6 is 0 Å². The highest BCUT2D eigenvalue weighted by atomic mass is 16.5. The summed E-state index contributed by atoms with van der Waals surface area (Å²) in [6, 6.07) is 3.81. The van der Waals surface area contributed by atoms with Crippen molar-refractivity contribution < 1.29 is 9.53 Å². The van der Waals surface area contributed by atoms with Gasteiger partial charge in [-0.25, -0.2) is 10.8 Å². The standard InChI is InChI=1S/C14H20N6O2/c1-11(8-14(21)19-16)10-20(4-6-22-7-5-20)13-2-3-17-12(9-15)18-13/h2-3,11H,4-8,10,16H2,1H3/p+1. The van der Waals surface area contributed by atoms with E-state index >= 15 is 0 Å². The highest BCUT2D eigenvalue weighted by Gasteiger charge is 2.36. The number of aromatic nitrogens is 2. The molecule has 2 heterocycles. The van der Waals surface area contributed by atoms with Crippen LogP contribution in [-0.2, 0) is 9.53 Å². The number of nitrogens with two attached hydrogens (primary N) is 1. The first-order chi connectivity index (χ1) is 10.6. The molecule has 0 aromatic carbocycles. The highest BCUT2D eigenvalue weighted by Crippen LogP contribution is 2.25. The summed E-state index contributed by atoms with van der Waals surface area (Å²) in [5.41, 5.74) is 2.16. The predicted octanol–water partition coefficient (Wildman–Crippen LogP) is -0.298. The molecule has 1 aromatic heterocycles. The molecule has 0 spiro atoms. The lowest BCUT2D eigenvalue weighted by Gasteiger charge is -2.41. The maximum Gasteiger partial charge on any atom is 0.237 e. The van der Waals surface area contributed by atoms with Crippen LogP contribution in [0.5, 0.6) is 0 Å². The second-order valence-corrected chi connectivity index (χ2v) is 5.61. The minimum Gasteiger partial charge on any atom is -0.370 e. The third-order valence-electron chi connectivity index (χ3n) is 3.91. The number of ether oxygens (including phenoxy) is 1. The molecule has 0 bridgehead atoms. The molecular weight excluding hydrogens is 284 g/mol. The fourth-order valence-electron chi connectivity index (χ4n) is 2.90. The monoisotopic (exact) mass is 305 g/mol. The van der Waals surface area contributed by atoms with Gasteiger partial charge in [0.05, 0.1) is 19.8 Å². The number of amides is 1. The number of hydrogen-bond acceptors (Lipinski definition) is 6. The Hall–Kier alpha value is -2.08. The lowest BCUT2D eigenvalue weighted by atomic mass is 10.0. The summed E-state index contributed by atoms with van der Waals surface area (Å²) < 4.78 is 6.06. The SMILES string of the molecule is CC(CC(=O)NN)C[N+]1(c2ccnc(C#N)n2)CCOCC1. The second kappa shape index (κ2) is 7.26. The summed E-state index contributed by atoms with van der Waals surface area (Å²) >= 11 is 0. The lowest BCUT2D eigenvalue weighted by Crippen LogP contribution is -2.59. The number of nitrogens with one attached hydrogen (secondary N) is 1. The van der Waals surface area contributed by atoms with Crippen LogP contribution < -0.4 is 15.8 Å². The smallest absolute Gasteiger partial charge is 0.237 e. The van der Waals surface area contributed by atoms with Crippen LogP contribution in [0, 0.1) is 17.2 Å². The van der Waals surface area contributed by atoms with Crippen molar-refractivity contribution in [3.63, 3.8) is 0 Å². The maximum atomic E-state index is 11.5. The van der Waals surface area contributed by atoms with Gasteiger partial charge in [0.2, 0.25) is 17.5 Å². The van der Waals surface area contributed by atoms with Gasteiger partial charge in [0, 0.05) is 24.6 Å². The predicted molar refractivity (Wildman–Crippen MR) is 80.1 cm³/mol. The van der Waals surface area contributed by atoms with E-state index in [-0.39, 0.29) is 17.6 Å². The molecule has 0 radical (unpaired) electrons. The molecule has 1 atom stereocenters. The molecule has 1 saturated heterocycles. The van der Waals surface area contributed by atoms with E-state index in [0.717, 1.165) is 25.5 Å². The van der Waals surface area contributed by atoms with E-state index < -0.39 is 0 Å². The van der Waals surface area contributed by atoms with Crippen molar-refractivity contribution in [2.45, 2.75) is 13.3 Å². The van der Waals surface area contributed by atoms with Crippen LogP contribution in [0.2, 0.25) is 0 Å². The number of nitriles is 1. The zero-order chi connectivity index (χ0) is 16.0. The van der Waals surface area contributed by atoms with Crippen molar-refractivity contribution >= 4 is 11.7 Å². The van der Waals surface area contributed by atoms with Crippen molar-refractivity contribution in [1.29, 1.82) is 5.26 Å². The van der Waals surface area contributed by atoms with Gasteiger partial charge in [0.1, 0.15) is 19.2 Å². The number of carbonyl (C=O) groups excluding carboxylic acids is 1. The molecule has 2 rings (SSSR count). The first kappa shape index (κ1) is 16.3. The summed E-state index contributed by atoms with van der Waals surface area (Å²) in [4.78, 5) is 19.8. The molecule has 3 N–H and O–H groups in total. The molecule has 1 unspecified atom stereocenters. The van der Waals surface area contributed by atoms with Gasteiger partial charge in [0.25, 0.3) is 0 Å². The van der Waals surface area contributed by atoms with Gasteiger partial charge in [-0.15, -0.1) is 0 Å². The average Bonchev–Trinajstić information content (AvgIpc) is 2.55. The Balaban J connectivity index is 2.23. The second-order valence-electron chi connectivity index (χ2n) is 5.61. The number of quaternary nitrogens is 1. The van der Waals surface area contributed by atoms with Gasteiger partial charge in [-0.1, -0.05) is 6.92 Å². The first-order valence-corrected chi connectivity index (χ1v) is 7.26. The van der Waals surface area contributed by atoms with Crippen LogP contribution in [-0.4, -0.2) is 48.7 Å². The summed E-state index contributed by atoms with van der Waals surface area (Å²) in [6.45, 7) is 5.52. The minimum atomic E-state index is -0.181. The zero-order valence-electron chi connectivity index (χ0n) is 12.7. The van der Waals surface area contributed by atoms with E-state index in [1.165, 1.54) is 0 Å². The summed E-state index contributed by atoms with van der Waals surface area (Å²) in [5.74, 6) is 6.06.